The summed E-state index contributed by atoms with van der Waals surface area (Å²) in [5.41, 5.74) is 1.49. The van der Waals surface area contributed by atoms with Crippen LogP contribution in [0.1, 0.15) is 19.4 Å². The molecule has 2 aromatic rings. The van der Waals surface area contributed by atoms with Crippen LogP contribution < -0.4 is 0 Å². The maximum Gasteiger partial charge on any atom is 0.160 e. The molecule has 0 bridgehead atoms. The van der Waals surface area contributed by atoms with Crippen molar-refractivity contribution in [1.82, 2.24) is 9.78 Å². The largest absolute Gasteiger partial charge is 0.272 e. The van der Waals surface area contributed by atoms with Gasteiger partial charge in [0.2, 0.25) is 0 Å². The monoisotopic (exact) mass is 260 g/mol. The molecule has 0 radical (unpaired) electrons. The van der Waals surface area contributed by atoms with Gasteiger partial charge in [-0.25, -0.2) is 8.78 Å². The lowest BCUT2D eigenvalue weighted by molar-refractivity contribution is 0.483. The molecule has 1 aromatic carbocycles. The van der Waals surface area contributed by atoms with Crippen LogP contribution in [0.15, 0.2) is 24.5 Å². The van der Waals surface area contributed by atoms with Crippen LogP contribution in [-0.2, 0) is 6.54 Å². The lowest BCUT2D eigenvalue weighted by atomic mass is 10.0. The van der Waals surface area contributed by atoms with E-state index in [1.807, 2.05) is 0 Å². The standard InChI is InChI=1S/C15H14F2N2/c1-4-11-5-14(16)15(17)6-13(11)12-7-18-19(9-12)8-10(2)3/h1,5-7,9-10H,8H2,2-3H3. The number of nitrogens with zero attached hydrogens (tertiary/aromatic N) is 2. The van der Waals surface area contributed by atoms with E-state index >= 15 is 0 Å². The fourth-order valence-corrected chi connectivity index (χ4v) is 1.88. The molecule has 1 heterocycles. The molecule has 4 heteroatoms. The fourth-order valence-electron chi connectivity index (χ4n) is 1.88. The molecule has 2 rings (SSSR count). The molecule has 0 saturated heterocycles. The van der Waals surface area contributed by atoms with Crippen LogP contribution in [0.2, 0.25) is 0 Å². The minimum absolute atomic E-state index is 0.322. The summed E-state index contributed by atoms with van der Waals surface area (Å²) in [6.07, 6.45) is 8.72. The van der Waals surface area contributed by atoms with Crippen molar-refractivity contribution in [2.24, 2.45) is 5.92 Å². The Bertz CT molecular complexity index is 636. The van der Waals surface area contributed by atoms with Crippen molar-refractivity contribution in [2.45, 2.75) is 20.4 Å². The third kappa shape index (κ3) is 2.82. The molecule has 19 heavy (non-hydrogen) atoms. The Morgan fingerprint density at radius 2 is 2.00 bits per heavy atom. The van der Waals surface area contributed by atoms with Crippen LogP contribution in [0.5, 0.6) is 0 Å². The SMILES string of the molecule is C#Cc1cc(F)c(F)cc1-c1cnn(CC(C)C)c1. The van der Waals surface area contributed by atoms with E-state index in [0.717, 1.165) is 18.7 Å². The Morgan fingerprint density at radius 1 is 1.32 bits per heavy atom. The van der Waals surface area contributed by atoms with E-state index in [1.165, 1.54) is 0 Å². The first-order chi connectivity index (χ1) is 9.01. The molecule has 0 fully saturated rings. The maximum absolute atomic E-state index is 13.3. The van der Waals surface area contributed by atoms with Crippen LogP contribution in [0.3, 0.4) is 0 Å². The Labute approximate surface area is 111 Å². The average molecular weight is 260 g/mol. The number of halogens is 2. The minimum atomic E-state index is -0.939. The molecule has 0 N–H and O–H groups in total. The van der Waals surface area contributed by atoms with Crippen molar-refractivity contribution in [1.29, 1.82) is 0 Å². The van der Waals surface area contributed by atoms with Gasteiger partial charge in [-0.2, -0.15) is 5.10 Å². The molecule has 0 aliphatic carbocycles. The van der Waals surface area contributed by atoms with Crippen molar-refractivity contribution >= 4 is 0 Å². The summed E-state index contributed by atoms with van der Waals surface area (Å²) in [7, 11) is 0. The minimum Gasteiger partial charge on any atom is -0.272 e. The van der Waals surface area contributed by atoms with Gasteiger partial charge in [0.25, 0.3) is 0 Å². The molecule has 0 saturated carbocycles. The topological polar surface area (TPSA) is 17.8 Å². The molecule has 2 nitrogen and oxygen atoms in total. The summed E-state index contributed by atoms with van der Waals surface area (Å²) in [6, 6.07) is 2.14. The summed E-state index contributed by atoms with van der Waals surface area (Å²) in [5.74, 6) is 0.967. The second-order valence-corrected chi connectivity index (χ2v) is 4.80. The van der Waals surface area contributed by atoms with E-state index in [0.29, 0.717) is 22.6 Å². The maximum atomic E-state index is 13.3. The Kier molecular flexibility index (Phi) is 3.66. The number of aromatic nitrogens is 2. The first kappa shape index (κ1) is 13.3. The van der Waals surface area contributed by atoms with Gasteiger partial charge in [-0.05, 0) is 18.1 Å². The van der Waals surface area contributed by atoms with Crippen LogP contribution in [0.4, 0.5) is 8.78 Å². The second-order valence-electron chi connectivity index (χ2n) is 4.80. The molecule has 0 amide bonds. The van der Waals surface area contributed by atoms with Gasteiger partial charge in [-0.3, -0.25) is 4.68 Å². The highest BCUT2D eigenvalue weighted by atomic mass is 19.2. The van der Waals surface area contributed by atoms with Crippen LogP contribution in [-0.4, -0.2) is 9.78 Å². The molecule has 98 valence electrons. The van der Waals surface area contributed by atoms with Gasteiger partial charge < -0.3 is 0 Å². The summed E-state index contributed by atoms with van der Waals surface area (Å²) in [4.78, 5) is 0. The molecule has 0 atom stereocenters. The highest BCUT2D eigenvalue weighted by Crippen LogP contribution is 2.25. The Balaban J connectivity index is 2.44. The molecule has 0 aliphatic rings. The van der Waals surface area contributed by atoms with Crippen molar-refractivity contribution in [3.05, 3.63) is 41.7 Å². The highest BCUT2D eigenvalue weighted by molar-refractivity contribution is 5.70. The normalized spacial score (nSPS) is 10.7. The predicted octanol–water partition coefficient (Wildman–Crippen LogP) is 3.47. The Morgan fingerprint density at radius 3 is 2.63 bits per heavy atom. The second kappa shape index (κ2) is 5.23. The van der Waals surface area contributed by atoms with Gasteiger partial charge in [0.1, 0.15) is 0 Å². The number of hydrogen-bond acceptors (Lipinski definition) is 1. The zero-order valence-corrected chi connectivity index (χ0v) is 10.8. The zero-order chi connectivity index (χ0) is 14.0. The third-order valence-corrected chi connectivity index (χ3v) is 2.71. The summed E-state index contributed by atoms with van der Waals surface area (Å²) in [6.45, 7) is 4.91. The highest BCUT2D eigenvalue weighted by Gasteiger charge is 2.12. The number of hydrogen-bond donors (Lipinski definition) is 0. The first-order valence-electron chi connectivity index (χ1n) is 5.99. The van der Waals surface area contributed by atoms with Crippen molar-refractivity contribution in [3.8, 4) is 23.5 Å². The van der Waals surface area contributed by atoms with E-state index in [1.54, 1.807) is 17.1 Å². The number of benzene rings is 1. The van der Waals surface area contributed by atoms with Crippen molar-refractivity contribution in [2.75, 3.05) is 0 Å². The van der Waals surface area contributed by atoms with Crippen LogP contribution in [0.25, 0.3) is 11.1 Å². The average Bonchev–Trinajstić information content (AvgIpc) is 2.79. The zero-order valence-electron chi connectivity index (χ0n) is 10.8. The van der Waals surface area contributed by atoms with E-state index in [2.05, 4.69) is 24.9 Å². The van der Waals surface area contributed by atoms with Gasteiger partial charge in [0.15, 0.2) is 11.6 Å². The van der Waals surface area contributed by atoms with Gasteiger partial charge in [-0.1, -0.05) is 19.8 Å². The summed E-state index contributed by atoms with van der Waals surface area (Å²) < 4.78 is 28.2. The van der Waals surface area contributed by atoms with Gasteiger partial charge in [-0.15, -0.1) is 6.42 Å². The quantitative estimate of drug-likeness (QED) is 0.773. The lowest BCUT2D eigenvalue weighted by Gasteiger charge is -2.05. The number of terminal acetylenes is 1. The molecule has 0 unspecified atom stereocenters. The molecule has 0 spiro atoms. The molecular weight excluding hydrogens is 246 g/mol. The Hall–Kier alpha value is -2.15. The van der Waals surface area contributed by atoms with Crippen LogP contribution >= 0.6 is 0 Å². The first-order valence-corrected chi connectivity index (χ1v) is 5.99. The van der Waals surface area contributed by atoms with E-state index in [4.69, 9.17) is 6.42 Å². The van der Waals surface area contributed by atoms with E-state index in [-0.39, 0.29) is 0 Å². The lowest BCUT2D eigenvalue weighted by Crippen LogP contribution is -2.04. The summed E-state index contributed by atoms with van der Waals surface area (Å²) in [5, 5.41) is 4.19. The third-order valence-electron chi connectivity index (χ3n) is 2.71. The van der Waals surface area contributed by atoms with Crippen LogP contribution in [0, 0.1) is 29.9 Å². The summed E-state index contributed by atoms with van der Waals surface area (Å²) >= 11 is 0. The van der Waals surface area contributed by atoms with Gasteiger partial charge in [0, 0.05) is 29.4 Å². The van der Waals surface area contributed by atoms with Crippen molar-refractivity contribution < 1.29 is 8.78 Å². The fraction of sp³-hybridized carbons (Fsp3) is 0.267. The van der Waals surface area contributed by atoms with E-state index < -0.39 is 11.6 Å². The predicted molar refractivity (Wildman–Crippen MR) is 70.4 cm³/mol. The van der Waals surface area contributed by atoms with E-state index in [9.17, 15) is 8.78 Å². The number of rotatable bonds is 3. The van der Waals surface area contributed by atoms with Crippen molar-refractivity contribution in [3.63, 3.8) is 0 Å². The molecule has 0 aliphatic heterocycles. The van der Waals surface area contributed by atoms with Gasteiger partial charge in [0.05, 0.1) is 6.20 Å². The van der Waals surface area contributed by atoms with Gasteiger partial charge >= 0.3 is 0 Å². The smallest absolute Gasteiger partial charge is 0.160 e. The molecule has 1 aromatic heterocycles. The molecular formula is C15H14F2N2.